The van der Waals surface area contributed by atoms with Crippen LogP contribution in [0.4, 0.5) is 11.4 Å². The van der Waals surface area contributed by atoms with Gasteiger partial charge in [0.05, 0.1) is 0 Å². The molecule has 0 saturated carbocycles. The maximum atomic E-state index is 5.83. The zero-order valence-electron chi connectivity index (χ0n) is 15.6. The van der Waals surface area contributed by atoms with E-state index in [2.05, 4.69) is 0 Å². The fourth-order valence-corrected chi connectivity index (χ4v) is 2.86. The third-order valence-corrected chi connectivity index (χ3v) is 4.23. The van der Waals surface area contributed by atoms with Crippen molar-refractivity contribution in [2.24, 2.45) is 0 Å². The highest BCUT2D eigenvalue weighted by Crippen LogP contribution is 2.29. The van der Waals surface area contributed by atoms with E-state index in [9.17, 15) is 0 Å². The van der Waals surface area contributed by atoms with E-state index in [1.54, 1.807) is 12.1 Å². The molecule has 0 aliphatic heterocycles. The first-order chi connectivity index (χ1) is 13.7. The zero-order chi connectivity index (χ0) is 19.3. The molecule has 0 aromatic heterocycles. The lowest BCUT2D eigenvalue weighted by Gasteiger charge is -2.09. The van der Waals surface area contributed by atoms with Crippen LogP contribution < -0.4 is 20.9 Å². The van der Waals surface area contributed by atoms with Crippen molar-refractivity contribution in [3.63, 3.8) is 0 Å². The molecule has 0 unspecified atom stereocenters. The fourth-order valence-electron chi connectivity index (χ4n) is 2.86. The van der Waals surface area contributed by atoms with E-state index in [0.29, 0.717) is 11.4 Å². The molecule has 0 aliphatic rings. The van der Waals surface area contributed by atoms with Crippen molar-refractivity contribution < 1.29 is 9.47 Å². The molecule has 29 heavy (non-hydrogen) atoms. The van der Waals surface area contributed by atoms with Crippen LogP contribution in [0, 0.1) is 0 Å². The molecule has 0 heterocycles. The van der Waals surface area contributed by atoms with Gasteiger partial charge in [-0.1, -0.05) is 36.4 Å². The second-order valence-electron chi connectivity index (χ2n) is 6.40. The van der Waals surface area contributed by atoms with Crippen molar-refractivity contribution in [1.82, 2.24) is 0 Å². The Morgan fingerprint density at radius 1 is 0.448 bits per heavy atom. The van der Waals surface area contributed by atoms with E-state index in [4.69, 9.17) is 20.9 Å². The molecule has 4 rings (SSSR count). The summed E-state index contributed by atoms with van der Waals surface area (Å²) in [5.74, 6) is 2.96. The largest absolute Gasteiger partial charge is 0.457 e. The Morgan fingerprint density at radius 2 is 0.828 bits per heavy atom. The Labute approximate surface area is 176 Å². The molecule has 0 atom stereocenters. The number of anilines is 2. The maximum Gasteiger partial charge on any atom is 0.129 e. The minimum Gasteiger partial charge on any atom is -0.457 e. The summed E-state index contributed by atoms with van der Waals surface area (Å²) in [6, 6.07) is 30.6. The molecule has 4 N–H and O–H groups in total. The van der Waals surface area contributed by atoms with Gasteiger partial charge in [0.25, 0.3) is 0 Å². The zero-order valence-corrected chi connectivity index (χ0v) is 16.4. The van der Waals surface area contributed by atoms with Gasteiger partial charge in [0, 0.05) is 23.5 Å². The number of benzene rings is 4. The van der Waals surface area contributed by atoms with Crippen LogP contribution in [0.15, 0.2) is 97.1 Å². The summed E-state index contributed by atoms with van der Waals surface area (Å²) in [6.07, 6.45) is 0. The van der Waals surface area contributed by atoms with E-state index < -0.39 is 0 Å². The highest BCUT2D eigenvalue weighted by Gasteiger charge is 2.03. The summed E-state index contributed by atoms with van der Waals surface area (Å²) in [7, 11) is 0. The Morgan fingerprint density at radius 3 is 1.17 bits per heavy atom. The Hall–Kier alpha value is -3.63. The molecular formula is C24H21ClN2O2. The van der Waals surface area contributed by atoms with E-state index in [-0.39, 0.29) is 12.4 Å². The Bertz CT molecular complexity index is 992. The molecule has 0 bridgehead atoms. The minimum atomic E-state index is 0. The average molecular weight is 405 g/mol. The number of rotatable bonds is 5. The lowest BCUT2D eigenvalue weighted by molar-refractivity contribution is 0.482. The molecular weight excluding hydrogens is 384 g/mol. The van der Waals surface area contributed by atoms with Gasteiger partial charge in [-0.2, -0.15) is 0 Å². The molecule has 0 saturated heterocycles. The fraction of sp³-hybridized carbons (Fsp3) is 0. The van der Waals surface area contributed by atoms with Gasteiger partial charge in [0.1, 0.15) is 23.0 Å². The molecule has 0 aliphatic carbocycles. The SMILES string of the molecule is Cl.Nc1cccc(Oc2ccc(-c3ccc(Oc4cccc(N)c4)cc3)cc2)c1. The van der Waals surface area contributed by atoms with E-state index >= 15 is 0 Å². The predicted molar refractivity (Wildman–Crippen MR) is 121 cm³/mol. The number of nitrogens with two attached hydrogens (primary N) is 2. The molecule has 0 fully saturated rings. The first-order valence-electron chi connectivity index (χ1n) is 8.93. The van der Waals surface area contributed by atoms with E-state index in [1.807, 2.05) is 84.9 Å². The quantitative estimate of drug-likeness (QED) is 0.371. The number of hydrogen-bond acceptors (Lipinski definition) is 4. The normalized spacial score (nSPS) is 10.1. The highest BCUT2D eigenvalue weighted by atomic mass is 35.5. The first-order valence-corrected chi connectivity index (χ1v) is 8.93. The minimum absolute atomic E-state index is 0. The molecule has 4 nitrogen and oxygen atoms in total. The number of halogens is 1. The van der Waals surface area contributed by atoms with Crippen LogP contribution in [0.1, 0.15) is 0 Å². The predicted octanol–water partition coefficient (Wildman–Crippen LogP) is 6.52. The highest BCUT2D eigenvalue weighted by molar-refractivity contribution is 5.85. The van der Waals surface area contributed by atoms with Crippen molar-refractivity contribution in [1.29, 1.82) is 0 Å². The van der Waals surface area contributed by atoms with Gasteiger partial charge in [-0.25, -0.2) is 0 Å². The third kappa shape index (κ3) is 5.21. The van der Waals surface area contributed by atoms with Crippen molar-refractivity contribution in [3.8, 4) is 34.1 Å². The third-order valence-electron chi connectivity index (χ3n) is 4.23. The Kier molecular flexibility index (Phi) is 6.27. The van der Waals surface area contributed by atoms with Crippen LogP contribution in [0.3, 0.4) is 0 Å². The molecule has 4 aromatic rings. The van der Waals surface area contributed by atoms with Crippen LogP contribution >= 0.6 is 12.4 Å². The van der Waals surface area contributed by atoms with E-state index in [0.717, 1.165) is 34.1 Å². The van der Waals surface area contributed by atoms with Gasteiger partial charge in [-0.15, -0.1) is 12.4 Å². The van der Waals surface area contributed by atoms with Gasteiger partial charge < -0.3 is 20.9 Å². The second-order valence-corrected chi connectivity index (χ2v) is 6.40. The molecule has 0 radical (unpaired) electrons. The summed E-state index contributed by atoms with van der Waals surface area (Å²) in [5.41, 5.74) is 15.1. The summed E-state index contributed by atoms with van der Waals surface area (Å²) in [6.45, 7) is 0. The molecule has 0 amide bonds. The summed E-state index contributed by atoms with van der Waals surface area (Å²) in [5, 5.41) is 0. The van der Waals surface area contributed by atoms with Gasteiger partial charge in [-0.3, -0.25) is 0 Å². The van der Waals surface area contributed by atoms with Crippen molar-refractivity contribution in [2.75, 3.05) is 11.5 Å². The lowest BCUT2D eigenvalue weighted by atomic mass is 10.1. The van der Waals surface area contributed by atoms with Gasteiger partial charge in [0.15, 0.2) is 0 Å². The van der Waals surface area contributed by atoms with Crippen LogP contribution in [0.5, 0.6) is 23.0 Å². The summed E-state index contributed by atoms with van der Waals surface area (Å²) in [4.78, 5) is 0. The second kappa shape index (κ2) is 9.04. The number of nitrogen functional groups attached to an aromatic ring is 2. The standard InChI is InChI=1S/C24H20N2O2.ClH/c25-19-3-1-5-23(15-19)27-21-11-7-17(8-12-21)18-9-13-22(14-10-18)28-24-6-2-4-20(26)16-24;/h1-16H,25-26H2;1H. The molecule has 5 heteroatoms. The van der Waals surface area contributed by atoms with Crippen molar-refractivity contribution >= 4 is 23.8 Å². The summed E-state index contributed by atoms with van der Waals surface area (Å²) >= 11 is 0. The van der Waals surface area contributed by atoms with E-state index in [1.165, 1.54) is 0 Å². The lowest BCUT2D eigenvalue weighted by Crippen LogP contribution is -1.88. The first kappa shape index (κ1) is 20.1. The Balaban J connectivity index is 0.00000240. The van der Waals surface area contributed by atoms with Gasteiger partial charge >= 0.3 is 0 Å². The molecule has 0 spiro atoms. The maximum absolute atomic E-state index is 5.83. The van der Waals surface area contributed by atoms with Crippen molar-refractivity contribution in [3.05, 3.63) is 97.1 Å². The van der Waals surface area contributed by atoms with Crippen LogP contribution in [0.2, 0.25) is 0 Å². The smallest absolute Gasteiger partial charge is 0.129 e. The number of hydrogen-bond donors (Lipinski definition) is 2. The summed E-state index contributed by atoms with van der Waals surface area (Å²) < 4.78 is 11.7. The van der Waals surface area contributed by atoms with Crippen LogP contribution in [-0.4, -0.2) is 0 Å². The molecule has 4 aromatic carbocycles. The van der Waals surface area contributed by atoms with Crippen LogP contribution in [0.25, 0.3) is 11.1 Å². The number of ether oxygens (including phenoxy) is 2. The monoisotopic (exact) mass is 404 g/mol. The molecule has 146 valence electrons. The van der Waals surface area contributed by atoms with Gasteiger partial charge in [-0.05, 0) is 59.7 Å². The average Bonchev–Trinajstić information content (AvgIpc) is 2.69. The van der Waals surface area contributed by atoms with Gasteiger partial charge in [0.2, 0.25) is 0 Å². The topological polar surface area (TPSA) is 70.5 Å². The van der Waals surface area contributed by atoms with Crippen LogP contribution in [-0.2, 0) is 0 Å². The van der Waals surface area contributed by atoms with Crippen molar-refractivity contribution in [2.45, 2.75) is 0 Å².